The van der Waals surface area contributed by atoms with Crippen LogP contribution >= 0.6 is 0 Å². The largest absolute Gasteiger partial charge is 0.299 e. The molecule has 1 aromatic carbocycles. The summed E-state index contributed by atoms with van der Waals surface area (Å²) in [5.74, 6) is 1.81. The summed E-state index contributed by atoms with van der Waals surface area (Å²) in [5, 5.41) is 0. The fourth-order valence-electron chi connectivity index (χ4n) is 3.39. The Hall–Kier alpha value is -1.18. The van der Waals surface area contributed by atoms with Crippen molar-refractivity contribution >= 4 is 5.78 Å². The molecule has 0 N–H and O–H groups in total. The third kappa shape index (κ3) is 2.13. The number of rotatable bonds is 3. The summed E-state index contributed by atoms with van der Waals surface area (Å²) in [6, 6.07) is 6.31. The third-order valence-electron chi connectivity index (χ3n) is 4.32. The highest BCUT2D eigenvalue weighted by Gasteiger charge is 2.53. The van der Waals surface area contributed by atoms with Gasteiger partial charge in [0.15, 0.2) is 0 Å². The molecule has 0 aliphatic heterocycles. The Balaban J connectivity index is 1.62. The zero-order valence-corrected chi connectivity index (χ0v) is 9.86. The van der Waals surface area contributed by atoms with Gasteiger partial charge in [0.1, 0.15) is 11.6 Å². The van der Waals surface area contributed by atoms with Crippen molar-refractivity contribution in [1.29, 1.82) is 0 Å². The van der Waals surface area contributed by atoms with Crippen molar-refractivity contribution in [3.05, 3.63) is 35.6 Å². The van der Waals surface area contributed by atoms with Crippen LogP contribution in [0.4, 0.5) is 4.39 Å². The Kier molecular flexibility index (Phi) is 2.73. The van der Waals surface area contributed by atoms with Crippen molar-refractivity contribution in [2.45, 2.75) is 32.1 Å². The normalized spacial score (nSPS) is 30.8. The summed E-state index contributed by atoms with van der Waals surface area (Å²) < 4.78 is 12.8. The van der Waals surface area contributed by atoms with Gasteiger partial charge in [0.25, 0.3) is 0 Å². The Morgan fingerprint density at radius 2 is 1.71 bits per heavy atom. The Morgan fingerprint density at radius 1 is 1.12 bits per heavy atom. The second kappa shape index (κ2) is 4.25. The van der Waals surface area contributed by atoms with Gasteiger partial charge in [-0.2, -0.15) is 0 Å². The molecule has 2 atom stereocenters. The summed E-state index contributed by atoms with van der Waals surface area (Å²) in [6.07, 6.45) is 5.55. The lowest BCUT2D eigenvalue weighted by Crippen LogP contribution is -2.07. The van der Waals surface area contributed by atoms with Gasteiger partial charge in [-0.25, -0.2) is 4.39 Å². The molecule has 2 fully saturated rings. The highest BCUT2D eigenvalue weighted by atomic mass is 19.1. The molecule has 0 heterocycles. The molecule has 2 aliphatic rings. The Labute approximate surface area is 101 Å². The number of ketones is 1. The van der Waals surface area contributed by atoms with Crippen molar-refractivity contribution in [3.63, 3.8) is 0 Å². The van der Waals surface area contributed by atoms with Gasteiger partial charge in [0.05, 0.1) is 0 Å². The first-order chi connectivity index (χ1) is 8.25. The van der Waals surface area contributed by atoms with E-state index in [2.05, 4.69) is 0 Å². The predicted octanol–water partition coefficient (Wildman–Crippen LogP) is 3.37. The van der Waals surface area contributed by atoms with Gasteiger partial charge in [0.2, 0.25) is 0 Å². The summed E-state index contributed by atoms with van der Waals surface area (Å²) >= 11 is 0. The van der Waals surface area contributed by atoms with Gasteiger partial charge in [-0.05, 0) is 42.4 Å². The van der Waals surface area contributed by atoms with E-state index in [9.17, 15) is 9.18 Å². The molecular formula is C15H17FO. The average molecular weight is 232 g/mol. The van der Waals surface area contributed by atoms with Crippen LogP contribution in [0.1, 0.15) is 31.2 Å². The number of halogens is 1. The molecule has 0 aromatic heterocycles. The van der Waals surface area contributed by atoms with Crippen LogP contribution in [0.5, 0.6) is 0 Å². The lowest BCUT2D eigenvalue weighted by atomic mass is 10.0. The maximum absolute atomic E-state index is 12.8. The zero-order valence-electron chi connectivity index (χ0n) is 9.86. The molecule has 2 heteroatoms. The summed E-state index contributed by atoms with van der Waals surface area (Å²) in [4.78, 5) is 12.1. The Bertz CT molecular complexity index is 411. The molecule has 0 spiro atoms. The van der Waals surface area contributed by atoms with Gasteiger partial charge < -0.3 is 0 Å². The minimum absolute atomic E-state index is 0.235. The van der Waals surface area contributed by atoms with Crippen molar-refractivity contribution in [1.82, 2.24) is 0 Å². The molecule has 0 bridgehead atoms. The molecule has 0 radical (unpaired) electrons. The second-order valence-corrected chi connectivity index (χ2v) is 5.41. The van der Waals surface area contributed by atoms with Gasteiger partial charge in [-0.3, -0.25) is 4.79 Å². The maximum Gasteiger partial charge on any atom is 0.140 e. The second-order valence-electron chi connectivity index (χ2n) is 5.41. The number of Topliss-reactive ketones (excluding diaryl/α,β-unsaturated/α-hetero) is 1. The number of carbonyl (C=O) groups is 1. The number of hydrogen-bond donors (Lipinski definition) is 0. The Morgan fingerprint density at radius 3 is 2.29 bits per heavy atom. The van der Waals surface area contributed by atoms with Gasteiger partial charge >= 0.3 is 0 Å². The van der Waals surface area contributed by atoms with E-state index in [1.807, 2.05) is 0 Å². The molecule has 1 aromatic rings. The van der Waals surface area contributed by atoms with E-state index in [-0.39, 0.29) is 5.82 Å². The molecule has 2 unspecified atom stereocenters. The van der Waals surface area contributed by atoms with E-state index in [4.69, 9.17) is 0 Å². The molecule has 2 aliphatic carbocycles. The maximum atomic E-state index is 12.8. The minimum atomic E-state index is -0.235. The smallest absolute Gasteiger partial charge is 0.140 e. The fourth-order valence-corrected chi connectivity index (χ4v) is 3.39. The first-order valence-corrected chi connectivity index (χ1v) is 6.53. The van der Waals surface area contributed by atoms with E-state index in [0.29, 0.717) is 30.0 Å². The predicted molar refractivity (Wildman–Crippen MR) is 64.0 cm³/mol. The molecule has 90 valence electrons. The molecule has 0 saturated heterocycles. The molecule has 1 nitrogen and oxygen atoms in total. The van der Waals surface area contributed by atoms with Crippen LogP contribution in [0.2, 0.25) is 0 Å². The van der Waals surface area contributed by atoms with Crippen molar-refractivity contribution in [3.8, 4) is 0 Å². The lowest BCUT2D eigenvalue weighted by molar-refractivity contribution is -0.120. The van der Waals surface area contributed by atoms with Crippen LogP contribution < -0.4 is 0 Å². The van der Waals surface area contributed by atoms with Crippen LogP contribution in [-0.4, -0.2) is 5.78 Å². The van der Waals surface area contributed by atoms with E-state index in [1.165, 1.54) is 37.8 Å². The summed E-state index contributed by atoms with van der Waals surface area (Å²) in [5.41, 5.74) is 0.944. The van der Waals surface area contributed by atoms with Crippen LogP contribution in [0.15, 0.2) is 24.3 Å². The van der Waals surface area contributed by atoms with Crippen LogP contribution in [0, 0.1) is 23.6 Å². The van der Waals surface area contributed by atoms with E-state index >= 15 is 0 Å². The quantitative estimate of drug-likeness (QED) is 0.780. The average Bonchev–Trinajstić information content (AvgIpc) is 3.06. The monoisotopic (exact) mass is 232 g/mol. The van der Waals surface area contributed by atoms with Crippen LogP contribution in [-0.2, 0) is 11.2 Å². The molecular weight excluding hydrogens is 215 g/mol. The molecule has 0 amide bonds. The fraction of sp³-hybridized carbons (Fsp3) is 0.533. The SMILES string of the molecule is O=C(Cc1ccc(F)cc1)C1C2CCCCC21. The highest BCUT2D eigenvalue weighted by Crippen LogP contribution is 2.55. The van der Waals surface area contributed by atoms with Crippen LogP contribution in [0.3, 0.4) is 0 Å². The molecule has 17 heavy (non-hydrogen) atoms. The number of fused-ring (bicyclic) bond motifs is 1. The standard InChI is InChI=1S/C15H17FO/c16-11-7-5-10(6-8-11)9-14(17)15-12-3-1-2-4-13(12)15/h5-8,12-13,15H,1-4,9H2. The zero-order chi connectivity index (χ0) is 11.8. The highest BCUT2D eigenvalue weighted by molar-refractivity contribution is 5.86. The van der Waals surface area contributed by atoms with Crippen molar-refractivity contribution < 1.29 is 9.18 Å². The molecule has 3 rings (SSSR count). The van der Waals surface area contributed by atoms with Crippen molar-refractivity contribution in [2.24, 2.45) is 17.8 Å². The van der Waals surface area contributed by atoms with E-state index in [1.54, 1.807) is 12.1 Å². The summed E-state index contributed by atoms with van der Waals surface area (Å²) in [6.45, 7) is 0. The van der Waals surface area contributed by atoms with Gasteiger partial charge in [-0.15, -0.1) is 0 Å². The lowest BCUT2D eigenvalue weighted by Gasteiger charge is -2.04. The summed E-state index contributed by atoms with van der Waals surface area (Å²) in [7, 11) is 0. The van der Waals surface area contributed by atoms with E-state index < -0.39 is 0 Å². The number of carbonyl (C=O) groups excluding carboxylic acids is 1. The topological polar surface area (TPSA) is 17.1 Å². The minimum Gasteiger partial charge on any atom is -0.299 e. The number of hydrogen-bond acceptors (Lipinski definition) is 1. The van der Waals surface area contributed by atoms with E-state index in [0.717, 1.165) is 5.56 Å². The number of benzene rings is 1. The van der Waals surface area contributed by atoms with Gasteiger partial charge in [0, 0.05) is 12.3 Å². The van der Waals surface area contributed by atoms with Crippen molar-refractivity contribution in [2.75, 3.05) is 0 Å². The first-order valence-electron chi connectivity index (χ1n) is 6.53. The molecule has 2 saturated carbocycles. The van der Waals surface area contributed by atoms with Crippen LogP contribution in [0.25, 0.3) is 0 Å². The third-order valence-corrected chi connectivity index (χ3v) is 4.32. The first kappa shape index (κ1) is 10.9. The van der Waals surface area contributed by atoms with Gasteiger partial charge in [-0.1, -0.05) is 25.0 Å².